The normalized spacial score (nSPS) is 18.3. The Morgan fingerprint density at radius 1 is 1.11 bits per heavy atom. The van der Waals surface area contributed by atoms with Crippen LogP contribution in [-0.4, -0.2) is 42.5 Å². The average Bonchev–Trinajstić information content (AvgIpc) is 2.67. The van der Waals surface area contributed by atoms with Gasteiger partial charge in [0.15, 0.2) is 0 Å². The molecular weight excluding hydrogens is 345 g/mol. The number of fused-ring (bicyclic) bond motifs is 1. The molecule has 2 aromatic carbocycles. The molecule has 1 saturated heterocycles. The first-order chi connectivity index (χ1) is 12.9. The molecule has 1 N–H and O–H groups in total. The number of anilines is 1. The van der Waals surface area contributed by atoms with Gasteiger partial charge in [-0.25, -0.2) is 4.39 Å². The molecule has 140 valence electrons. The number of piperidine rings is 1. The second-order valence-corrected chi connectivity index (χ2v) is 7.36. The predicted octanol–water partition coefficient (Wildman–Crippen LogP) is 2.95. The highest BCUT2D eigenvalue weighted by atomic mass is 19.1. The number of hydrogen-bond acceptors (Lipinski definition) is 3. The summed E-state index contributed by atoms with van der Waals surface area (Å²) in [5.74, 6) is -0.556. The highest BCUT2D eigenvalue weighted by molar-refractivity contribution is 6.02. The number of hydrogen-bond donors (Lipinski definition) is 1. The summed E-state index contributed by atoms with van der Waals surface area (Å²) in [7, 11) is 1.87. The maximum absolute atomic E-state index is 13.7. The van der Waals surface area contributed by atoms with Gasteiger partial charge in [-0.2, -0.15) is 0 Å². The van der Waals surface area contributed by atoms with Gasteiger partial charge in [0.05, 0.1) is 11.3 Å². The summed E-state index contributed by atoms with van der Waals surface area (Å²) in [4.78, 5) is 29.1. The van der Waals surface area contributed by atoms with Crippen molar-refractivity contribution in [1.29, 1.82) is 0 Å². The van der Waals surface area contributed by atoms with E-state index in [1.165, 1.54) is 18.2 Å². The largest absolute Gasteiger partial charge is 0.351 e. The number of rotatable bonds is 1. The predicted molar refractivity (Wildman–Crippen MR) is 101 cm³/mol. The van der Waals surface area contributed by atoms with E-state index in [1.807, 2.05) is 48.0 Å². The maximum Gasteiger partial charge on any atom is 0.255 e. The molecule has 2 aliphatic heterocycles. The molecule has 1 fully saturated rings. The molecule has 0 aliphatic carbocycles. The second-order valence-electron chi connectivity index (χ2n) is 7.36. The Balaban J connectivity index is 1.54. The van der Waals surface area contributed by atoms with E-state index in [-0.39, 0.29) is 17.6 Å². The lowest BCUT2D eigenvalue weighted by atomic mass is 9.90. The lowest BCUT2D eigenvalue weighted by Gasteiger charge is -2.51. The van der Waals surface area contributed by atoms with Gasteiger partial charge in [-0.3, -0.25) is 9.59 Å². The first-order valence-electron chi connectivity index (χ1n) is 9.11. The van der Waals surface area contributed by atoms with Crippen molar-refractivity contribution in [1.82, 2.24) is 10.2 Å². The zero-order chi connectivity index (χ0) is 19.2. The van der Waals surface area contributed by atoms with Crippen molar-refractivity contribution in [3.05, 3.63) is 65.0 Å². The van der Waals surface area contributed by atoms with E-state index in [2.05, 4.69) is 5.32 Å². The lowest BCUT2D eigenvalue weighted by molar-refractivity contribution is 0.0609. The van der Waals surface area contributed by atoms with Crippen LogP contribution < -0.4 is 10.2 Å². The highest BCUT2D eigenvalue weighted by Gasteiger charge is 2.45. The minimum atomic E-state index is -0.595. The van der Waals surface area contributed by atoms with Gasteiger partial charge in [0.25, 0.3) is 11.8 Å². The van der Waals surface area contributed by atoms with Crippen molar-refractivity contribution < 1.29 is 14.0 Å². The second kappa shape index (κ2) is 6.37. The minimum Gasteiger partial charge on any atom is -0.351 e. The van der Waals surface area contributed by atoms with Crippen LogP contribution in [0.4, 0.5) is 10.1 Å². The van der Waals surface area contributed by atoms with Crippen LogP contribution in [0.3, 0.4) is 0 Å². The van der Waals surface area contributed by atoms with Gasteiger partial charge in [0.1, 0.15) is 11.5 Å². The third-order valence-electron chi connectivity index (χ3n) is 5.73. The fraction of sp³-hybridized carbons (Fsp3) is 0.333. The number of nitrogens with zero attached hydrogens (tertiary/aromatic N) is 2. The third-order valence-corrected chi connectivity index (χ3v) is 5.73. The van der Waals surface area contributed by atoms with E-state index in [0.717, 1.165) is 5.56 Å². The summed E-state index contributed by atoms with van der Waals surface area (Å²) in [6, 6.07) is 11.8. The van der Waals surface area contributed by atoms with E-state index in [4.69, 9.17) is 0 Å². The van der Waals surface area contributed by atoms with E-state index in [9.17, 15) is 14.0 Å². The van der Waals surface area contributed by atoms with Gasteiger partial charge in [-0.05, 0) is 37.3 Å². The van der Waals surface area contributed by atoms with Gasteiger partial charge < -0.3 is 15.1 Å². The van der Waals surface area contributed by atoms with Gasteiger partial charge in [-0.1, -0.05) is 17.7 Å². The van der Waals surface area contributed by atoms with Crippen molar-refractivity contribution in [2.24, 2.45) is 0 Å². The molecule has 1 spiro atoms. The third kappa shape index (κ3) is 2.95. The topological polar surface area (TPSA) is 52.7 Å². The Hall–Kier alpha value is -2.89. The Kier molecular flexibility index (Phi) is 4.13. The zero-order valence-electron chi connectivity index (χ0n) is 15.5. The number of carbonyl (C=O) groups is 2. The molecule has 4 rings (SSSR count). The molecular formula is C21H22FN3O2. The maximum atomic E-state index is 13.7. The standard InChI is InChI=1S/C21H22FN3O2/c1-14-3-5-15(6-4-14)20(27)25-11-9-21(10-12-25)23-19(26)17-8-7-16(22)13-18(17)24(21)2/h3-8,13H,9-12H2,1-2H3,(H,23,26). The Morgan fingerprint density at radius 3 is 2.44 bits per heavy atom. The summed E-state index contributed by atoms with van der Waals surface area (Å²) in [6.07, 6.45) is 1.17. The minimum absolute atomic E-state index is 0.00100. The van der Waals surface area contributed by atoms with Gasteiger partial charge in [-0.15, -0.1) is 0 Å². The molecule has 0 bridgehead atoms. The first kappa shape index (κ1) is 17.5. The van der Waals surface area contributed by atoms with Crippen molar-refractivity contribution in [2.45, 2.75) is 25.4 Å². The van der Waals surface area contributed by atoms with Crippen molar-refractivity contribution in [3.8, 4) is 0 Å². The molecule has 5 nitrogen and oxygen atoms in total. The Bertz CT molecular complexity index is 902. The summed E-state index contributed by atoms with van der Waals surface area (Å²) in [5.41, 5.74) is 2.26. The fourth-order valence-electron chi connectivity index (χ4n) is 3.99. The summed E-state index contributed by atoms with van der Waals surface area (Å²) >= 11 is 0. The number of amides is 2. The molecule has 2 amide bonds. The number of halogens is 1. The van der Waals surface area contributed by atoms with Crippen molar-refractivity contribution in [3.63, 3.8) is 0 Å². The van der Waals surface area contributed by atoms with Crippen molar-refractivity contribution >= 4 is 17.5 Å². The van der Waals surface area contributed by atoms with Gasteiger partial charge in [0, 0.05) is 38.5 Å². The molecule has 0 radical (unpaired) electrons. The SMILES string of the molecule is Cc1ccc(C(=O)N2CCC3(CC2)NC(=O)c2ccc(F)cc2N3C)cc1. The highest BCUT2D eigenvalue weighted by Crippen LogP contribution is 2.36. The van der Waals surface area contributed by atoms with Crippen LogP contribution in [0.2, 0.25) is 0 Å². The van der Waals surface area contributed by atoms with E-state index >= 15 is 0 Å². The number of aryl methyl sites for hydroxylation is 1. The summed E-state index contributed by atoms with van der Waals surface area (Å²) in [5, 5.41) is 3.09. The van der Waals surface area contributed by atoms with E-state index in [1.54, 1.807) is 0 Å². The first-order valence-corrected chi connectivity index (χ1v) is 9.11. The van der Waals surface area contributed by atoms with Gasteiger partial charge >= 0.3 is 0 Å². The summed E-state index contributed by atoms with van der Waals surface area (Å²) < 4.78 is 13.7. The van der Waals surface area contributed by atoms with E-state index in [0.29, 0.717) is 42.7 Å². The molecule has 0 saturated carbocycles. The van der Waals surface area contributed by atoms with Crippen LogP contribution in [-0.2, 0) is 0 Å². The fourth-order valence-corrected chi connectivity index (χ4v) is 3.99. The Labute approximate surface area is 157 Å². The van der Waals surface area contributed by atoms with Crippen LogP contribution in [0.1, 0.15) is 39.1 Å². The van der Waals surface area contributed by atoms with Gasteiger partial charge in [0.2, 0.25) is 0 Å². The molecule has 2 aromatic rings. The van der Waals surface area contributed by atoms with Crippen LogP contribution in [0.5, 0.6) is 0 Å². The van der Waals surface area contributed by atoms with Crippen LogP contribution in [0.25, 0.3) is 0 Å². The lowest BCUT2D eigenvalue weighted by Crippen LogP contribution is -2.67. The quantitative estimate of drug-likeness (QED) is 0.843. The number of benzene rings is 2. The molecule has 0 unspecified atom stereocenters. The van der Waals surface area contributed by atoms with Crippen LogP contribution >= 0.6 is 0 Å². The molecule has 6 heteroatoms. The average molecular weight is 367 g/mol. The smallest absolute Gasteiger partial charge is 0.255 e. The Morgan fingerprint density at radius 2 is 1.78 bits per heavy atom. The molecule has 27 heavy (non-hydrogen) atoms. The number of carbonyl (C=O) groups excluding carboxylic acids is 2. The molecule has 2 aliphatic rings. The monoisotopic (exact) mass is 367 g/mol. The molecule has 0 atom stereocenters. The van der Waals surface area contributed by atoms with Crippen molar-refractivity contribution in [2.75, 3.05) is 25.0 Å². The molecule has 2 heterocycles. The van der Waals surface area contributed by atoms with Crippen LogP contribution in [0, 0.1) is 12.7 Å². The molecule has 0 aromatic heterocycles. The zero-order valence-corrected chi connectivity index (χ0v) is 15.5. The number of nitrogens with one attached hydrogen (secondary N) is 1. The van der Waals surface area contributed by atoms with E-state index < -0.39 is 5.66 Å². The summed E-state index contributed by atoms with van der Waals surface area (Å²) in [6.45, 7) is 3.05. The number of likely N-dealkylation sites (tertiary alicyclic amines) is 1. The van der Waals surface area contributed by atoms with Crippen LogP contribution in [0.15, 0.2) is 42.5 Å².